The predicted molar refractivity (Wildman–Crippen MR) is 104 cm³/mol. The summed E-state index contributed by atoms with van der Waals surface area (Å²) < 4.78 is 23.2. The number of ether oxygens (including phenoxy) is 3. The van der Waals surface area contributed by atoms with Crippen molar-refractivity contribution in [3.8, 4) is 28.7 Å². The summed E-state index contributed by atoms with van der Waals surface area (Å²) in [5.41, 5.74) is 1.06. The van der Waals surface area contributed by atoms with E-state index in [-0.39, 0.29) is 23.9 Å². The number of benzene rings is 2. The zero-order valence-electron chi connectivity index (χ0n) is 16.1. The number of nitrogens with zero attached hydrogens (tertiary/aromatic N) is 4. The first-order valence-corrected chi connectivity index (χ1v) is 8.71. The van der Waals surface area contributed by atoms with Gasteiger partial charge in [-0.25, -0.2) is 4.98 Å². The first kappa shape index (κ1) is 18.5. The van der Waals surface area contributed by atoms with Gasteiger partial charge in [-0.1, -0.05) is 12.1 Å². The molecule has 0 atom stereocenters. The normalized spacial score (nSPS) is 10.9. The lowest BCUT2D eigenvalue weighted by atomic mass is 10.2. The Morgan fingerprint density at radius 2 is 1.72 bits per heavy atom. The van der Waals surface area contributed by atoms with Gasteiger partial charge in [0.05, 0.1) is 38.6 Å². The van der Waals surface area contributed by atoms with Gasteiger partial charge in [0.2, 0.25) is 17.5 Å². The maximum Gasteiger partial charge on any atom is 0.261 e. The molecule has 4 aromatic rings. The smallest absolute Gasteiger partial charge is 0.261 e. The molecule has 2 aromatic heterocycles. The molecule has 0 aliphatic rings. The highest BCUT2D eigenvalue weighted by molar-refractivity contribution is 5.76. The number of para-hydroxylation sites is 1. The molecule has 0 bridgehead atoms. The molecular formula is C20H18N4O5. The summed E-state index contributed by atoms with van der Waals surface area (Å²) >= 11 is 0. The fourth-order valence-corrected chi connectivity index (χ4v) is 3.00. The minimum Gasteiger partial charge on any atom is -0.493 e. The second kappa shape index (κ2) is 7.63. The number of rotatable bonds is 6. The number of aromatic nitrogens is 4. The van der Waals surface area contributed by atoms with Crippen molar-refractivity contribution in [3.63, 3.8) is 0 Å². The van der Waals surface area contributed by atoms with Gasteiger partial charge in [0, 0.05) is 5.56 Å². The van der Waals surface area contributed by atoms with Crippen LogP contribution in [0.25, 0.3) is 22.4 Å². The largest absolute Gasteiger partial charge is 0.493 e. The number of hydrogen-bond donors (Lipinski definition) is 0. The van der Waals surface area contributed by atoms with Crippen LogP contribution in [0.3, 0.4) is 0 Å². The van der Waals surface area contributed by atoms with Crippen LogP contribution >= 0.6 is 0 Å². The summed E-state index contributed by atoms with van der Waals surface area (Å²) in [7, 11) is 4.58. The highest BCUT2D eigenvalue weighted by Gasteiger charge is 2.18. The first-order chi connectivity index (χ1) is 14.1. The Balaban J connectivity index is 1.68. The lowest BCUT2D eigenvalue weighted by Crippen LogP contribution is -2.21. The number of methoxy groups -OCH3 is 3. The van der Waals surface area contributed by atoms with E-state index in [1.807, 2.05) is 6.07 Å². The molecule has 2 aromatic carbocycles. The molecule has 148 valence electrons. The molecule has 0 amide bonds. The Kier molecular flexibility index (Phi) is 4.86. The molecule has 9 nitrogen and oxygen atoms in total. The summed E-state index contributed by atoms with van der Waals surface area (Å²) in [5.74, 6) is 1.94. The van der Waals surface area contributed by atoms with Crippen molar-refractivity contribution in [2.45, 2.75) is 6.54 Å². The fourth-order valence-electron chi connectivity index (χ4n) is 3.00. The van der Waals surface area contributed by atoms with E-state index in [0.29, 0.717) is 33.7 Å². The zero-order chi connectivity index (χ0) is 20.4. The average molecular weight is 394 g/mol. The van der Waals surface area contributed by atoms with Gasteiger partial charge >= 0.3 is 0 Å². The van der Waals surface area contributed by atoms with Crippen LogP contribution in [0.5, 0.6) is 17.2 Å². The van der Waals surface area contributed by atoms with Gasteiger partial charge in [-0.2, -0.15) is 0 Å². The average Bonchev–Trinajstić information content (AvgIpc) is 3.23. The van der Waals surface area contributed by atoms with E-state index in [4.69, 9.17) is 18.6 Å². The molecule has 0 N–H and O–H groups in total. The Bertz CT molecular complexity index is 1210. The van der Waals surface area contributed by atoms with E-state index in [9.17, 15) is 4.79 Å². The van der Waals surface area contributed by atoms with Crippen LogP contribution in [0.1, 0.15) is 5.89 Å². The molecule has 0 aliphatic carbocycles. The highest BCUT2D eigenvalue weighted by Crippen LogP contribution is 2.40. The van der Waals surface area contributed by atoms with Crippen LogP contribution in [-0.4, -0.2) is 41.1 Å². The van der Waals surface area contributed by atoms with Crippen molar-refractivity contribution in [2.24, 2.45) is 0 Å². The molecule has 29 heavy (non-hydrogen) atoms. The van der Waals surface area contributed by atoms with Crippen molar-refractivity contribution in [3.05, 3.63) is 59.0 Å². The molecule has 4 rings (SSSR count). The van der Waals surface area contributed by atoms with Crippen LogP contribution in [0, 0.1) is 0 Å². The van der Waals surface area contributed by atoms with Crippen LogP contribution in [0.15, 0.2) is 51.9 Å². The second-order valence-electron chi connectivity index (χ2n) is 6.11. The summed E-state index contributed by atoms with van der Waals surface area (Å²) in [6.45, 7) is 0.105. The molecule has 0 radical (unpaired) electrons. The third-order valence-electron chi connectivity index (χ3n) is 4.42. The van der Waals surface area contributed by atoms with Gasteiger partial charge in [-0.05, 0) is 24.3 Å². The number of fused-ring (bicyclic) bond motifs is 1. The molecule has 2 heterocycles. The molecular weight excluding hydrogens is 376 g/mol. The van der Waals surface area contributed by atoms with Crippen molar-refractivity contribution in [1.82, 2.24) is 19.7 Å². The van der Waals surface area contributed by atoms with Crippen molar-refractivity contribution < 1.29 is 18.6 Å². The third kappa shape index (κ3) is 3.38. The minimum absolute atomic E-state index is 0.105. The minimum atomic E-state index is -0.178. The van der Waals surface area contributed by atoms with Gasteiger partial charge in [-0.15, -0.1) is 10.2 Å². The highest BCUT2D eigenvalue weighted by atomic mass is 16.5. The fraction of sp³-hybridized carbons (Fsp3) is 0.200. The van der Waals surface area contributed by atoms with E-state index < -0.39 is 0 Å². The summed E-state index contributed by atoms with van der Waals surface area (Å²) in [6.07, 6.45) is 1.47. The summed E-state index contributed by atoms with van der Waals surface area (Å²) in [6, 6.07) is 10.6. The van der Waals surface area contributed by atoms with E-state index in [2.05, 4.69) is 15.2 Å². The lowest BCUT2D eigenvalue weighted by Gasteiger charge is -2.12. The quantitative estimate of drug-likeness (QED) is 0.492. The van der Waals surface area contributed by atoms with Crippen LogP contribution in [0.2, 0.25) is 0 Å². The molecule has 0 aliphatic heterocycles. The van der Waals surface area contributed by atoms with Crippen LogP contribution < -0.4 is 19.8 Å². The van der Waals surface area contributed by atoms with E-state index in [1.165, 1.54) is 32.2 Å². The molecule has 0 saturated carbocycles. The topological polar surface area (TPSA) is 102 Å². The Labute approximate surface area is 165 Å². The van der Waals surface area contributed by atoms with Gasteiger partial charge in [0.15, 0.2) is 11.5 Å². The van der Waals surface area contributed by atoms with Gasteiger partial charge in [0.1, 0.15) is 6.54 Å². The Morgan fingerprint density at radius 1 is 1.00 bits per heavy atom. The maximum absolute atomic E-state index is 12.6. The van der Waals surface area contributed by atoms with Crippen LogP contribution in [0.4, 0.5) is 0 Å². The summed E-state index contributed by atoms with van der Waals surface area (Å²) in [5, 5.41) is 8.65. The molecule has 0 spiro atoms. The molecule has 9 heteroatoms. The van der Waals surface area contributed by atoms with Gasteiger partial charge in [-0.3, -0.25) is 9.36 Å². The standard InChI is InChI=1S/C20H18N4O5/c1-26-15-8-12(9-16(27-2)18(15)28-3)19-23-22-17(29-19)10-24-11-21-14-7-5-4-6-13(14)20(24)25/h4-9,11H,10H2,1-3H3. The monoisotopic (exact) mass is 394 g/mol. The van der Waals surface area contributed by atoms with E-state index in [1.54, 1.807) is 30.3 Å². The van der Waals surface area contributed by atoms with Crippen LogP contribution in [-0.2, 0) is 6.54 Å². The van der Waals surface area contributed by atoms with Crippen molar-refractivity contribution in [2.75, 3.05) is 21.3 Å². The Morgan fingerprint density at radius 3 is 2.41 bits per heavy atom. The predicted octanol–water partition coefficient (Wildman–Crippen LogP) is 2.52. The zero-order valence-corrected chi connectivity index (χ0v) is 16.1. The van der Waals surface area contributed by atoms with E-state index >= 15 is 0 Å². The second-order valence-corrected chi connectivity index (χ2v) is 6.11. The maximum atomic E-state index is 12.6. The third-order valence-corrected chi connectivity index (χ3v) is 4.42. The summed E-state index contributed by atoms with van der Waals surface area (Å²) in [4.78, 5) is 16.9. The van der Waals surface area contributed by atoms with Gasteiger partial charge in [0.25, 0.3) is 5.56 Å². The molecule has 0 saturated heterocycles. The number of hydrogen-bond acceptors (Lipinski definition) is 8. The molecule has 0 fully saturated rings. The van der Waals surface area contributed by atoms with E-state index in [0.717, 1.165) is 0 Å². The van der Waals surface area contributed by atoms with Gasteiger partial charge < -0.3 is 18.6 Å². The van der Waals surface area contributed by atoms with Crippen molar-refractivity contribution in [1.29, 1.82) is 0 Å². The SMILES string of the molecule is COc1cc(-c2nnc(Cn3cnc4ccccc4c3=O)o2)cc(OC)c1OC. The first-order valence-electron chi connectivity index (χ1n) is 8.71. The lowest BCUT2D eigenvalue weighted by molar-refractivity contribution is 0.324. The van der Waals surface area contributed by atoms with Crippen molar-refractivity contribution >= 4 is 10.9 Å². The Hall–Kier alpha value is -3.88. The molecule has 0 unspecified atom stereocenters.